The highest BCUT2D eigenvalue weighted by atomic mass is 35.5. The van der Waals surface area contributed by atoms with Crippen LogP contribution in [0.1, 0.15) is 13.3 Å². The molecular weight excluding hydrogens is 476 g/mol. The molecular formula is C21H23ClN2O6S2. The average molecular weight is 499 g/mol. The summed E-state index contributed by atoms with van der Waals surface area (Å²) in [7, 11) is -0.875. The second-order valence-electron chi connectivity index (χ2n) is 7.16. The Balaban J connectivity index is 1.72. The summed E-state index contributed by atoms with van der Waals surface area (Å²) in [6.07, 6.45) is -0.289. The van der Waals surface area contributed by atoms with E-state index in [-0.39, 0.29) is 33.9 Å². The first-order valence-corrected chi connectivity index (χ1v) is 12.7. The summed E-state index contributed by atoms with van der Waals surface area (Å²) < 4.78 is 36.0. The maximum Gasteiger partial charge on any atom is 0.228 e. The predicted octanol–water partition coefficient (Wildman–Crippen LogP) is 3.84. The molecule has 0 aliphatic carbocycles. The molecule has 2 aromatic rings. The van der Waals surface area contributed by atoms with Crippen LogP contribution in [0, 0.1) is 5.92 Å². The standard InChI is InChI=1S/C21H23ClN2O6S2/c1-12-11-31-18-5-4-14(10-16(18)23-21(12)26)32(27,28)7-6-19(25)24-20-15(22)8-13(29-2)9-17(20)30-3/h4-5,8-10,12H,6-7,11H2,1-3H3,(H,23,26)(H,24,25)/t12-/m0/s1. The van der Waals surface area contributed by atoms with Gasteiger partial charge in [-0.05, 0) is 18.2 Å². The lowest BCUT2D eigenvalue weighted by atomic mass is 10.2. The molecule has 0 unspecified atom stereocenters. The second-order valence-corrected chi connectivity index (χ2v) is 10.7. The highest BCUT2D eigenvalue weighted by Gasteiger charge is 2.24. The second kappa shape index (κ2) is 10.0. The van der Waals surface area contributed by atoms with Crippen molar-refractivity contribution < 1.29 is 27.5 Å². The number of carbonyl (C=O) groups is 2. The highest BCUT2D eigenvalue weighted by molar-refractivity contribution is 7.99. The molecule has 0 aromatic heterocycles. The van der Waals surface area contributed by atoms with Crippen LogP contribution in [0.3, 0.4) is 0 Å². The number of thioether (sulfide) groups is 1. The Hall–Kier alpha value is -2.43. The Morgan fingerprint density at radius 1 is 1.25 bits per heavy atom. The molecule has 0 bridgehead atoms. The molecule has 0 radical (unpaired) electrons. The van der Waals surface area contributed by atoms with Gasteiger partial charge in [0.15, 0.2) is 9.84 Å². The van der Waals surface area contributed by atoms with Gasteiger partial charge in [0, 0.05) is 35.1 Å². The van der Waals surface area contributed by atoms with Crippen LogP contribution in [0.2, 0.25) is 5.02 Å². The van der Waals surface area contributed by atoms with Gasteiger partial charge < -0.3 is 20.1 Å². The van der Waals surface area contributed by atoms with Crippen molar-refractivity contribution in [3.05, 3.63) is 35.4 Å². The third-order valence-electron chi connectivity index (χ3n) is 4.85. The molecule has 172 valence electrons. The normalized spacial score (nSPS) is 15.9. The van der Waals surface area contributed by atoms with Crippen molar-refractivity contribution in [2.75, 3.05) is 36.4 Å². The number of rotatable bonds is 7. The van der Waals surface area contributed by atoms with Crippen LogP contribution in [0.25, 0.3) is 0 Å². The molecule has 2 N–H and O–H groups in total. The van der Waals surface area contributed by atoms with Crippen molar-refractivity contribution in [3.8, 4) is 11.5 Å². The Morgan fingerprint density at radius 2 is 2.00 bits per heavy atom. The minimum Gasteiger partial charge on any atom is -0.497 e. The fraction of sp³-hybridized carbons (Fsp3) is 0.333. The van der Waals surface area contributed by atoms with Crippen molar-refractivity contribution in [1.29, 1.82) is 0 Å². The first-order valence-electron chi connectivity index (χ1n) is 9.66. The van der Waals surface area contributed by atoms with Gasteiger partial charge >= 0.3 is 0 Å². The molecule has 8 nitrogen and oxygen atoms in total. The van der Waals surface area contributed by atoms with Crippen LogP contribution in [0.4, 0.5) is 11.4 Å². The Kier molecular flexibility index (Phi) is 7.58. The van der Waals surface area contributed by atoms with Gasteiger partial charge in [-0.2, -0.15) is 0 Å². The third-order valence-corrected chi connectivity index (χ3v) is 8.20. The zero-order chi connectivity index (χ0) is 23.5. The van der Waals surface area contributed by atoms with Gasteiger partial charge in [0.05, 0.1) is 35.6 Å². The Morgan fingerprint density at radius 3 is 2.69 bits per heavy atom. The highest BCUT2D eigenvalue weighted by Crippen LogP contribution is 2.37. The van der Waals surface area contributed by atoms with E-state index in [0.717, 1.165) is 4.90 Å². The van der Waals surface area contributed by atoms with E-state index in [0.29, 0.717) is 22.9 Å². The lowest BCUT2D eigenvalue weighted by molar-refractivity contribution is -0.118. The van der Waals surface area contributed by atoms with Crippen LogP contribution in [0.5, 0.6) is 11.5 Å². The number of fused-ring (bicyclic) bond motifs is 1. The molecule has 2 amide bonds. The van der Waals surface area contributed by atoms with Crippen molar-refractivity contribution in [3.63, 3.8) is 0 Å². The number of nitrogens with one attached hydrogen (secondary N) is 2. The third kappa shape index (κ3) is 5.48. The fourth-order valence-corrected chi connectivity index (χ4v) is 5.50. The summed E-state index contributed by atoms with van der Waals surface area (Å²) >= 11 is 7.69. The van der Waals surface area contributed by atoms with E-state index in [1.807, 2.05) is 6.92 Å². The molecule has 0 fully saturated rings. The zero-order valence-corrected chi connectivity index (χ0v) is 20.1. The van der Waals surface area contributed by atoms with E-state index in [4.69, 9.17) is 21.1 Å². The fourth-order valence-electron chi connectivity index (χ4n) is 2.98. The van der Waals surface area contributed by atoms with Crippen LogP contribution >= 0.6 is 23.4 Å². The van der Waals surface area contributed by atoms with Gasteiger partial charge in [-0.1, -0.05) is 18.5 Å². The Bertz CT molecular complexity index is 1150. The molecule has 1 atom stereocenters. The van der Waals surface area contributed by atoms with E-state index in [1.165, 1.54) is 44.2 Å². The smallest absolute Gasteiger partial charge is 0.228 e. The van der Waals surface area contributed by atoms with Gasteiger partial charge in [-0.3, -0.25) is 9.59 Å². The van der Waals surface area contributed by atoms with Gasteiger partial charge in [0.25, 0.3) is 0 Å². The molecule has 1 heterocycles. The number of amides is 2. The van der Waals surface area contributed by atoms with Crippen molar-refractivity contribution in [1.82, 2.24) is 0 Å². The van der Waals surface area contributed by atoms with Gasteiger partial charge in [-0.15, -0.1) is 11.8 Å². The minimum absolute atomic E-state index is 0.0413. The number of benzene rings is 2. The zero-order valence-electron chi connectivity index (χ0n) is 17.7. The van der Waals surface area contributed by atoms with Crippen molar-refractivity contribution in [2.45, 2.75) is 23.1 Å². The Labute approximate surface area is 195 Å². The number of carbonyl (C=O) groups excluding carboxylic acids is 2. The summed E-state index contributed by atoms with van der Waals surface area (Å²) in [5, 5.41) is 5.57. The van der Waals surface area contributed by atoms with Crippen LogP contribution in [-0.4, -0.2) is 46.0 Å². The monoisotopic (exact) mass is 498 g/mol. The number of hydrogen-bond donors (Lipinski definition) is 2. The predicted molar refractivity (Wildman–Crippen MR) is 125 cm³/mol. The van der Waals surface area contributed by atoms with E-state index in [2.05, 4.69) is 10.6 Å². The summed E-state index contributed by atoms with van der Waals surface area (Å²) in [6.45, 7) is 1.81. The molecule has 0 saturated carbocycles. The lowest BCUT2D eigenvalue weighted by Crippen LogP contribution is -2.20. The first kappa shape index (κ1) is 24.2. The van der Waals surface area contributed by atoms with Gasteiger partial charge in [-0.25, -0.2) is 8.42 Å². The number of halogens is 1. The summed E-state index contributed by atoms with van der Waals surface area (Å²) in [5.74, 6) is 0.0714. The first-order chi connectivity index (χ1) is 15.1. The van der Waals surface area contributed by atoms with Crippen LogP contribution in [-0.2, 0) is 19.4 Å². The van der Waals surface area contributed by atoms with Gasteiger partial charge in [0.1, 0.15) is 17.2 Å². The number of sulfone groups is 1. The molecule has 11 heteroatoms. The van der Waals surface area contributed by atoms with E-state index in [1.54, 1.807) is 12.1 Å². The summed E-state index contributed by atoms with van der Waals surface area (Å²) in [6, 6.07) is 7.67. The molecule has 1 aliphatic heterocycles. The van der Waals surface area contributed by atoms with E-state index < -0.39 is 21.5 Å². The largest absolute Gasteiger partial charge is 0.497 e. The summed E-state index contributed by atoms with van der Waals surface area (Å²) in [4.78, 5) is 25.4. The quantitative estimate of drug-likeness (QED) is 0.596. The maximum absolute atomic E-state index is 12.8. The van der Waals surface area contributed by atoms with Crippen LogP contribution < -0.4 is 20.1 Å². The molecule has 32 heavy (non-hydrogen) atoms. The van der Waals surface area contributed by atoms with E-state index >= 15 is 0 Å². The van der Waals surface area contributed by atoms with Crippen LogP contribution in [0.15, 0.2) is 40.1 Å². The van der Waals surface area contributed by atoms with E-state index in [9.17, 15) is 18.0 Å². The molecule has 3 rings (SSSR count). The summed E-state index contributed by atoms with van der Waals surface area (Å²) in [5.41, 5.74) is 0.695. The molecule has 1 aliphatic rings. The molecule has 0 saturated heterocycles. The average Bonchev–Trinajstić information content (AvgIpc) is 2.91. The number of hydrogen-bond acceptors (Lipinski definition) is 7. The number of methoxy groups -OCH3 is 2. The maximum atomic E-state index is 12.8. The topological polar surface area (TPSA) is 111 Å². The SMILES string of the molecule is COc1cc(Cl)c(NC(=O)CCS(=O)(=O)c2ccc3c(c2)NC(=O)[C@@H](C)CS3)c(OC)c1. The lowest BCUT2D eigenvalue weighted by Gasteiger charge is -2.14. The van der Waals surface area contributed by atoms with Crippen molar-refractivity contribution in [2.24, 2.45) is 5.92 Å². The number of anilines is 2. The minimum atomic E-state index is -3.77. The van der Waals surface area contributed by atoms with Crippen molar-refractivity contribution >= 4 is 56.4 Å². The number of ether oxygens (including phenoxy) is 2. The molecule has 0 spiro atoms. The van der Waals surface area contributed by atoms with Gasteiger partial charge in [0.2, 0.25) is 11.8 Å². The molecule has 2 aromatic carbocycles.